The fraction of sp³-hybridized carbons (Fsp3) is 0.364. The van der Waals surface area contributed by atoms with Gasteiger partial charge in [0.2, 0.25) is 0 Å². The molecule has 0 atom stereocenters. The van der Waals surface area contributed by atoms with Gasteiger partial charge in [0.1, 0.15) is 0 Å². The van der Waals surface area contributed by atoms with Crippen LogP contribution in [0, 0.1) is 0 Å². The molecule has 2 aromatic rings. The van der Waals surface area contributed by atoms with Gasteiger partial charge >= 0.3 is 11.8 Å². The van der Waals surface area contributed by atoms with Crippen LogP contribution in [0.1, 0.15) is 30.0 Å². The summed E-state index contributed by atoms with van der Waals surface area (Å²) in [7, 11) is 0. The van der Waals surface area contributed by atoms with Crippen LogP contribution in [0.3, 0.4) is 0 Å². The first kappa shape index (κ1) is 17.7. The molecule has 1 saturated carbocycles. The number of carbonyl (C=O) groups is 2. The third-order valence-electron chi connectivity index (χ3n) is 5.30. The first-order valence-electron chi connectivity index (χ1n) is 9.66. The highest BCUT2D eigenvalue weighted by Crippen LogP contribution is 2.29. The second kappa shape index (κ2) is 7.92. The van der Waals surface area contributed by atoms with Crippen LogP contribution in [-0.2, 0) is 9.59 Å². The minimum Gasteiger partial charge on any atom is -0.345 e. The Morgan fingerprint density at radius 1 is 0.815 bits per heavy atom. The van der Waals surface area contributed by atoms with Gasteiger partial charge in [-0.25, -0.2) is 0 Å². The summed E-state index contributed by atoms with van der Waals surface area (Å²) in [4.78, 5) is 28.5. The number of benzene rings is 2. The van der Waals surface area contributed by atoms with Crippen molar-refractivity contribution in [2.24, 2.45) is 0 Å². The van der Waals surface area contributed by atoms with E-state index >= 15 is 0 Å². The van der Waals surface area contributed by atoms with Gasteiger partial charge in [-0.15, -0.1) is 0 Å². The molecule has 0 aromatic heterocycles. The minimum atomic E-state index is -0.450. The number of rotatable bonds is 4. The van der Waals surface area contributed by atoms with Gasteiger partial charge in [-0.3, -0.25) is 14.5 Å². The van der Waals surface area contributed by atoms with Gasteiger partial charge in [0, 0.05) is 32.2 Å². The smallest absolute Gasteiger partial charge is 0.311 e. The monoisotopic (exact) mass is 363 g/mol. The number of hydrogen-bond acceptors (Lipinski definition) is 3. The first-order chi connectivity index (χ1) is 13.2. The molecule has 2 aromatic carbocycles. The van der Waals surface area contributed by atoms with E-state index in [-0.39, 0.29) is 12.1 Å². The van der Waals surface area contributed by atoms with E-state index < -0.39 is 11.8 Å². The van der Waals surface area contributed by atoms with Crippen LogP contribution in [0.4, 0.5) is 0 Å². The summed E-state index contributed by atoms with van der Waals surface area (Å²) in [6.45, 7) is 2.65. The van der Waals surface area contributed by atoms with Crippen LogP contribution in [-0.4, -0.2) is 53.8 Å². The quantitative estimate of drug-likeness (QED) is 0.848. The lowest BCUT2D eigenvalue weighted by Gasteiger charge is -2.39. The van der Waals surface area contributed by atoms with Gasteiger partial charge in [-0.1, -0.05) is 60.7 Å². The van der Waals surface area contributed by atoms with Crippen molar-refractivity contribution in [2.75, 3.05) is 26.2 Å². The van der Waals surface area contributed by atoms with Crippen LogP contribution < -0.4 is 5.32 Å². The molecule has 27 heavy (non-hydrogen) atoms. The lowest BCUT2D eigenvalue weighted by Crippen LogP contribution is -2.53. The average molecular weight is 363 g/mol. The van der Waals surface area contributed by atoms with E-state index in [1.807, 2.05) is 12.1 Å². The average Bonchev–Trinajstić information content (AvgIpc) is 3.54. The summed E-state index contributed by atoms with van der Waals surface area (Å²) < 4.78 is 0. The van der Waals surface area contributed by atoms with Crippen molar-refractivity contribution in [1.82, 2.24) is 15.1 Å². The maximum Gasteiger partial charge on any atom is 0.311 e. The third kappa shape index (κ3) is 4.19. The van der Waals surface area contributed by atoms with Gasteiger partial charge < -0.3 is 10.2 Å². The predicted octanol–water partition coefficient (Wildman–Crippen LogP) is 2.20. The fourth-order valence-electron chi connectivity index (χ4n) is 3.69. The van der Waals surface area contributed by atoms with E-state index in [1.54, 1.807) is 4.90 Å². The zero-order chi connectivity index (χ0) is 18.6. The predicted molar refractivity (Wildman–Crippen MR) is 104 cm³/mol. The molecule has 140 valence electrons. The molecule has 5 nitrogen and oxygen atoms in total. The first-order valence-corrected chi connectivity index (χ1v) is 9.66. The van der Waals surface area contributed by atoms with Crippen molar-refractivity contribution in [3.05, 3.63) is 71.8 Å². The molecule has 2 fully saturated rings. The van der Waals surface area contributed by atoms with Crippen molar-refractivity contribution in [3.63, 3.8) is 0 Å². The molecule has 2 amide bonds. The van der Waals surface area contributed by atoms with Crippen molar-refractivity contribution in [3.8, 4) is 0 Å². The van der Waals surface area contributed by atoms with Crippen LogP contribution in [0.5, 0.6) is 0 Å². The normalized spacial score (nSPS) is 17.7. The zero-order valence-corrected chi connectivity index (χ0v) is 15.4. The molecule has 1 aliphatic heterocycles. The molecule has 0 spiro atoms. The Morgan fingerprint density at radius 3 is 1.81 bits per heavy atom. The van der Waals surface area contributed by atoms with Crippen molar-refractivity contribution >= 4 is 11.8 Å². The molecular weight excluding hydrogens is 338 g/mol. The highest BCUT2D eigenvalue weighted by molar-refractivity contribution is 6.35. The number of carbonyl (C=O) groups excluding carboxylic acids is 2. The van der Waals surface area contributed by atoms with E-state index in [4.69, 9.17) is 0 Å². The molecule has 1 aliphatic carbocycles. The van der Waals surface area contributed by atoms with E-state index in [9.17, 15) is 9.59 Å². The van der Waals surface area contributed by atoms with E-state index in [0.717, 1.165) is 25.9 Å². The molecule has 2 aliphatic rings. The molecule has 4 rings (SSSR count). The molecule has 1 N–H and O–H groups in total. The van der Waals surface area contributed by atoms with Gasteiger partial charge in [-0.05, 0) is 24.0 Å². The van der Waals surface area contributed by atoms with Crippen LogP contribution in [0.2, 0.25) is 0 Å². The van der Waals surface area contributed by atoms with Gasteiger partial charge in [0.05, 0.1) is 6.04 Å². The molecule has 5 heteroatoms. The van der Waals surface area contributed by atoms with Crippen LogP contribution in [0.15, 0.2) is 60.7 Å². The zero-order valence-electron chi connectivity index (χ0n) is 15.4. The number of nitrogens with zero attached hydrogens (tertiary/aromatic N) is 2. The second-order valence-electron chi connectivity index (χ2n) is 7.30. The van der Waals surface area contributed by atoms with Crippen molar-refractivity contribution in [2.45, 2.75) is 24.9 Å². The number of piperazine rings is 1. The summed E-state index contributed by atoms with van der Waals surface area (Å²) in [6.07, 6.45) is 1.98. The Morgan fingerprint density at radius 2 is 1.33 bits per heavy atom. The Labute approximate surface area is 160 Å². The molecule has 1 saturated heterocycles. The van der Waals surface area contributed by atoms with Gasteiger partial charge in [0.25, 0.3) is 0 Å². The summed E-state index contributed by atoms with van der Waals surface area (Å²) in [5, 5.41) is 2.79. The topological polar surface area (TPSA) is 52.7 Å². The van der Waals surface area contributed by atoms with Crippen molar-refractivity contribution < 1.29 is 9.59 Å². The van der Waals surface area contributed by atoms with Gasteiger partial charge in [0.15, 0.2) is 0 Å². The fourth-order valence-corrected chi connectivity index (χ4v) is 3.69. The summed E-state index contributed by atoms with van der Waals surface area (Å²) in [6, 6.07) is 21.3. The molecule has 0 unspecified atom stereocenters. The Hall–Kier alpha value is -2.66. The maximum absolute atomic E-state index is 12.4. The van der Waals surface area contributed by atoms with Crippen LogP contribution in [0.25, 0.3) is 0 Å². The highest BCUT2D eigenvalue weighted by atomic mass is 16.2. The van der Waals surface area contributed by atoms with Gasteiger partial charge in [-0.2, -0.15) is 0 Å². The Bertz CT molecular complexity index is 742. The van der Waals surface area contributed by atoms with E-state index in [1.165, 1.54) is 11.1 Å². The number of nitrogens with one attached hydrogen (secondary N) is 1. The second-order valence-corrected chi connectivity index (χ2v) is 7.30. The minimum absolute atomic E-state index is 0.157. The lowest BCUT2D eigenvalue weighted by molar-refractivity contribution is -0.147. The molecule has 0 bridgehead atoms. The Balaban J connectivity index is 1.45. The molecular formula is C22H25N3O2. The summed E-state index contributed by atoms with van der Waals surface area (Å²) in [5.41, 5.74) is 2.49. The van der Waals surface area contributed by atoms with Crippen LogP contribution >= 0.6 is 0 Å². The standard InChI is InChI=1S/C22H25N3O2/c26-21(23-19-11-12-19)22(27)25-15-13-24(14-16-25)20(17-7-3-1-4-8-17)18-9-5-2-6-10-18/h1-10,19-20H,11-16H2,(H,23,26). The number of amides is 2. The lowest BCUT2D eigenvalue weighted by atomic mass is 9.96. The number of hydrogen-bond donors (Lipinski definition) is 1. The van der Waals surface area contributed by atoms with E-state index in [0.29, 0.717) is 13.1 Å². The SMILES string of the molecule is O=C(NC1CC1)C(=O)N1CCN(C(c2ccccc2)c2ccccc2)CC1. The van der Waals surface area contributed by atoms with Crippen molar-refractivity contribution in [1.29, 1.82) is 0 Å². The van der Waals surface area contributed by atoms with E-state index in [2.05, 4.69) is 58.7 Å². The molecule has 1 heterocycles. The largest absolute Gasteiger partial charge is 0.345 e. The summed E-state index contributed by atoms with van der Waals surface area (Å²) in [5.74, 6) is -0.842. The summed E-state index contributed by atoms with van der Waals surface area (Å²) >= 11 is 0. The Kier molecular flexibility index (Phi) is 5.21. The highest BCUT2D eigenvalue weighted by Gasteiger charge is 2.32. The molecule has 0 radical (unpaired) electrons. The third-order valence-corrected chi connectivity index (χ3v) is 5.30. The maximum atomic E-state index is 12.4.